The zero-order valence-electron chi connectivity index (χ0n) is 16.2. The van der Waals surface area contributed by atoms with Crippen LogP contribution in [-0.2, 0) is 19.7 Å². The molecule has 0 aliphatic heterocycles. The number of esters is 1. The number of aryl methyl sites for hydroxylation is 2. The highest BCUT2D eigenvalue weighted by Gasteiger charge is 2.50. The van der Waals surface area contributed by atoms with Gasteiger partial charge in [0.25, 0.3) is 0 Å². The van der Waals surface area contributed by atoms with Crippen molar-refractivity contribution in [1.29, 1.82) is 0 Å². The smallest absolute Gasteiger partial charge is 0.324 e. The zero-order chi connectivity index (χ0) is 19.4. The Morgan fingerprint density at radius 1 is 1.07 bits per heavy atom. The number of ether oxygens (including phenoxy) is 1. The molecule has 2 aromatic rings. The quantitative estimate of drug-likeness (QED) is 0.513. The molecule has 142 valence electrons. The van der Waals surface area contributed by atoms with E-state index in [1.54, 1.807) is 18.7 Å². The number of Topliss-reactive ketones (excluding diaryl/α,β-unsaturated/α-hetero) is 1. The van der Waals surface area contributed by atoms with Gasteiger partial charge in [0.15, 0.2) is 11.2 Å². The van der Waals surface area contributed by atoms with Crippen molar-refractivity contribution in [3.05, 3.63) is 59.2 Å². The number of ketones is 1. The van der Waals surface area contributed by atoms with Crippen LogP contribution in [0.1, 0.15) is 49.3 Å². The molecule has 3 rings (SSSR count). The highest BCUT2D eigenvalue weighted by molar-refractivity contribution is 7.99. The molecule has 1 aliphatic carbocycles. The van der Waals surface area contributed by atoms with E-state index in [0.29, 0.717) is 12.8 Å². The maximum Gasteiger partial charge on any atom is 0.324 e. The van der Waals surface area contributed by atoms with E-state index < -0.39 is 11.4 Å². The van der Waals surface area contributed by atoms with Gasteiger partial charge in [-0.05, 0) is 57.4 Å². The van der Waals surface area contributed by atoms with Crippen molar-refractivity contribution < 1.29 is 14.3 Å². The summed E-state index contributed by atoms with van der Waals surface area (Å²) < 4.78 is 5.40. The van der Waals surface area contributed by atoms with Crippen LogP contribution < -0.4 is 0 Å². The molecule has 1 aliphatic rings. The summed E-state index contributed by atoms with van der Waals surface area (Å²) >= 11 is 1.60. The van der Waals surface area contributed by atoms with Gasteiger partial charge in [0.05, 0.1) is 6.61 Å². The molecule has 2 aromatic carbocycles. The Morgan fingerprint density at radius 3 is 2.44 bits per heavy atom. The van der Waals surface area contributed by atoms with E-state index in [4.69, 9.17) is 4.74 Å². The summed E-state index contributed by atoms with van der Waals surface area (Å²) in [5.74, 6) is -0.408. The predicted molar refractivity (Wildman–Crippen MR) is 108 cm³/mol. The first-order valence-electron chi connectivity index (χ1n) is 9.53. The molecular formula is C23H26O3S. The zero-order valence-corrected chi connectivity index (χ0v) is 17.0. The lowest BCUT2D eigenvalue weighted by molar-refractivity contribution is -0.155. The number of carbonyl (C=O) groups is 2. The Labute approximate surface area is 165 Å². The summed E-state index contributed by atoms with van der Waals surface area (Å²) in [5.41, 5.74) is 1.87. The van der Waals surface area contributed by atoms with Crippen LogP contribution in [0.25, 0.3) is 0 Å². The van der Waals surface area contributed by atoms with Gasteiger partial charge >= 0.3 is 5.97 Å². The molecule has 1 unspecified atom stereocenters. The third-order valence-corrected chi connectivity index (χ3v) is 6.23. The lowest BCUT2D eigenvalue weighted by Crippen LogP contribution is -2.47. The molecule has 27 heavy (non-hydrogen) atoms. The van der Waals surface area contributed by atoms with Gasteiger partial charge in [-0.1, -0.05) is 53.6 Å². The average Bonchev–Trinajstić information content (AvgIpc) is 2.66. The molecule has 0 aromatic heterocycles. The van der Waals surface area contributed by atoms with Crippen LogP contribution in [0, 0.1) is 13.8 Å². The van der Waals surface area contributed by atoms with Crippen molar-refractivity contribution in [2.45, 2.75) is 61.7 Å². The second-order valence-electron chi connectivity index (χ2n) is 7.17. The Bertz CT molecular complexity index is 841. The summed E-state index contributed by atoms with van der Waals surface area (Å²) in [4.78, 5) is 28.2. The normalized spacial score (nSPS) is 19.7. The molecule has 0 bridgehead atoms. The largest absolute Gasteiger partial charge is 0.465 e. The number of benzene rings is 2. The Morgan fingerprint density at radius 2 is 1.78 bits per heavy atom. The summed E-state index contributed by atoms with van der Waals surface area (Å²) in [6, 6.07) is 14.3. The predicted octanol–water partition coefficient (Wildman–Crippen LogP) is 5.40. The topological polar surface area (TPSA) is 43.4 Å². The number of hydrogen-bond donors (Lipinski definition) is 0. The molecule has 1 fully saturated rings. The number of rotatable bonds is 5. The van der Waals surface area contributed by atoms with Gasteiger partial charge in [0.1, 0.15) is 0 Å². The third-order valence-electron chi connectivity index (χ3n) is 5.15. The van der Waals surface area contributed by atoms with E-state index in [1.165, 1.54) is 5.56 Å². The highest BCUT2D eigenvalue weighted by Crippen LogP contribution is 2.44. The van der Waals surface area contributed by atoms with Crippen LogP contribution in [0.2, 0.25) is 0 Å². The van der Waals surface area contributed by atoms with Crippen LogP contribution in [0.4, 0.5) is 0 Å². The third kappa shape index (κ3) is 3.96. The van der Waals surface area contributed by atoms with Gasteiger partial charge in [0, 0.05) is 16.2 Å². The van der Waals surface area contributed by atoms with Crippen LogP contribution in [0.5, 0.6) is 0 Å². The minimum atomic E-state index is -1.17. The van der Waals surface area contributed by atoms with Crippen LogP contribution in [-0.4, -0.2) is 18.4 Å². The standard InChI is InChI=1S/C23H26O3S/c1-4-26-22(25)23(14-6-5-7-21(23)24)19-15-17(3)10-13-20(19)27-18-11-8-16(2)9-12-18/h8-13,15H,4-7,14H2,1-3H3. The van der Waals surface area contributed by atoms with E-state index in [9.17, 15) is 9.59 Å². The van der Waals surface area contributed by atoms with Crippen molar-refractivity contribution in [3.8, 4) is 0 Å². The molecule has 3 nitrogen and oxygen atoms in total. The SMILES string of the molecule is CCOC(=O)C1(c2cc(C)ccc2Sc2ccc(C)cc2)CCCCC1=O. The van der Waals surface area contributed by atoms with E-state index in [2.05, 4.69) is 31.2 Å². The summed E-state index contributed by atoms with van der Waals surface area (Å²) in [6.45, 7) is 6.12. The number of hydrogen-bond acceptors (Lipinski definition) is 4. The highest BCUT2D eigenvalue weighted by atomic mass is 32.2. The lowest BCUT2D eigenvalue weighted by Gasteiger charge is -2.35. The fourth-order valence-corrected chi connectivity index (χ4v) is 4.70. The Hall–Kier alpha value is -2.07. The minimum Gasteiger partial charge on any atom is -0.465 e. The summed E-state index contributed by atoms with van der Waals surface area (Å²) in [6.07, 6.45) is 2.65. The van der Waals surface area contributed by atoms with Gasteiger partial charge in [-0.15, -0.1) is 0 Å². The summed E-state index contributed by atoms with van der Waals surface area (Å²) in [7, 11) is 0. The molecule has 0 amide bonds. The second-order valence-corrected chi connectivity index (χ2v) is 8.29. The van der Waals surface area contributed by atoms with E-state index in [1.807, 2.05) is 25.1 Å². The monoisotopic (exact) mass is 382 g/mol. The first kappa shape index (κ1) is 19.7. The van der Waals surface area contributed by atoms with Gasteiger partial charge in [0.2, 0.25) is 0 Å². The molecule has 0 spiro atoms. The molecular weight excluding hydrogens is 356 g/mol. The first-order chi connectivity index (χ1) is 13.0. The molecule has 0 heterocycles. The molecule has 0 radical (unpaired) electrons. The molecule has 1 saturated carbocycles. The van der Waals surface area contributed by atoms with Crippen LogP contribution in [0.3, 0.4) is 0 Å². The second kappa shape index (κ2) is 8.30. The van der Waals surface area contributed by atoms with Crippen LogP contribution in [0.15, 0.2) is 52.3 Å². The first-order valence-corrected chi connectivity index (χ1v) is 10.3. The minimum absolute atomic E-state index is 0.0106. The van der Waals surface area contributed by atoms with Crippen molar-refractivity contribution in [2.75, 3.05) is 6.61 Å². The Kier molecular flexibility index (Phi) is 6.05. The summed E-state index contributed by atoms with van der Waals surface area (Å²) in [5, 5.41) is 0. The molecule has 0 saturated heterocycles. The van der Waals surface area contributed by atoms with Gasteiger partial charge in [-0.2, -0.15) is 0 Å². The molecule has 4 heteroatoms. The van der Waals surface area contributed by atoms with Gasteiger partial charge < -0.3 is 4.74 Å². The average molecular weight is 383 g/mol. The molecule has 0 N–H and O–H groups in total. The lowest BCUT2D eigenvalue weighted by atomic mass is 9.68. The number of carbonyl (C=O) groups excluding carboxylic acids is 2. The fourth-order valence-electron chi connectivity index (χ4n) is 3.69. The maximum absolute atomic E-state index is 13.1. The van der Waals surface area contributed by atoms with E-state index in [-0.39, 0.29) is 12.4 Å². The van der Waals surface area contributed by atoms with Crippen LogP contribution >= 0.6 is 11.8 Å². The van der Waals surface area contributed by atoms with Crippen molar-refractivity contribution in [2.24, 2.45) is 0 Å². The van der Waals surface area contributed by atoms with Gasteiger partial charge in [-0.25, -0.2) is 0 Å². The van der Waals surface area contributed by atoms with Crippen molar-refractivity contribution in [1.82, 2.24) is 0 Å². The Balaban J connectivity index is 2.11. The fraction of sp³-hybridized carbons (Fsp3) is 0.391. The van der Waals surface area contributed by atoms with Gasteiger partial charge in [-0.3, -0.25) is 9.59 Å². The maximum atomic E-state index is 13.1. The van der Waals surface area contributed by atoms with E-state index in [0.717, 1.165) is 33.8 Å². The van der Waals surface area contributed by atoms with Crippen molar-refractivity contribution >= 4 is 23.5 Å². The molecule has 1 atom stereocenters. The van der Waals surface area contributed by atoms with E-state index >= 15 is 0 Å². The van der Waals surface area contributed by atoms with Crippen molar-refractivity contribution in [3.63, 3.8) is 0 Å².